The third-order valence-corrected chi connectivity index (χ3v) is 13.4. The van der Waals surface area contributed by atoms with Crippen LogP contribution in [-0.2, 0) is 21.0 Å². The van der Waals surface area contributed by atoms with E-state index in [2.05, 4.69) is 49.2 Å². The van der Waals surface area contributed by atoms with Gasteiger partial charge in [0.2, 0.25) is 5.88 Å². The molecule has 1 aliphatic carbocycles. The van der Waals surface area contributed by atoms with Gasteiger partial charge in [0, 0.05) is 64.2 Å². The average molecular weight is 772 g/mol. The van der Waals surface area contributed by atoms with Crippen LogP contribution in [0.25, 0.3) is 16.8 Å². The van der Waals surface area contributed by atoms with Crippen molar-refractivity contribution in [3.63, 3.8) is 0 Å². The van der Waals surface area contributed by atoms with Crippen molar-refractivity contribution in [3.05, 3.63) is 65.6 Å². The molecule has 0 amide bonds. The predicted octanol–water partition coefficient (Wildman–Crippen LogP) is 9.97. The normalized spacial score (nSPS) is 18.3. The van der Waals surface area contributed by atoms with Crippen molar-refractivity contribution in [2.45, 2.75) is 104 Å². The van der Waals surface area contributed by atoms with E-state index in [-0.39, 0.29) is 24.5 Å². The van der Waals surface area contributed by atoms with Gasteiger partial charge in [0.1, 0.15) is 18.4 Å². The maximum Gasteiger partial charge on any atom is 0.306 e. The van der Waals surface area contributed by atoms with Gasteiger partial charge in [0.15, 0.2) is 5.75 Å². The lowest BCUT2D eigenvalue weighted by Gasteiger charge is -2.31. The predicted molar refractivity (Wildman–Crippen MR) is 226 cm³/mol. The Balaban J connectivity index is 1.61. The third-order valence-electron chi connectivity index (χ3n) is 10.0. The minimum Gasteiger partial charge on any atom is -0.488 e. The lowest BCUT2D eigenvalue weighted by Crippen LogP contribution is -2.28. The summed E-state index contributed by atoms with van der Waals surface area (Å²) in [4.78, 5) is 22.5. The van der Waals surface area contributed by atoms with Crippen molar-refractivity contribution in [1.82, 2.24) is 9.55 Å². The largest absolute Gasteiger partial charge is 0.488 e. The number of hydrogen-bond acceptors (Lipinski definition) is 9. The molecule has 1 saturated carbocycles. The summed E-state index contributed by atoms with van der Waals surface area (Å²) in [6.07, 6.45) is 7.16. The number of pyridine rings is 1. The van der Waals surface area contributed by atoms with Gasteiger partial charge >= 0.3 is 5.97 Å². The molecular weight excluding hydrogens is 711 g/mol. The average Bonchev–Trinajstić information content (AvgIpc) is 3.42. The van der Waals surface area contributed by atoms with Crippen molar-refractivity contribution >= 4 is 45.4 Å². The third kappa shape index (κ3) is 10.8. The topological polar surface area (TPSA) is 120 Å². The van der Waals surface area contributed by atoms with Gasteiger partial charge in [-0.05, 0) is 63.6 Å². The van der Waals surface area contributed by atoms with Crippen molar-refractivity contribution in [2.24, 2.45) is 16.8 Å². The molecule has 2 aliphatic rings. The second-order valence-corrected chi connectivity index (χ2v) is 28.0. The van der Waals surface area contributed by atoms with Gasteiger partial charge in [0.25, 0.3) is 0 Å². The van der Waals surface area contributed by atoms with Gasteiger partial charge in [-0.15, -0.1) is 0 Å². The molecule has 3 heterocycles. The van der Waals surface area contributed by atoms with E-state index in [4.69, 9.17) is 34.3 Å². The summed E-state index contributed by atoms with van der Waals surface area (Å²) < 4.78 is 27.0. The molecule has 2 N–H and O–H groups in total. The molecule has 1 aliphatic heterocycles. The lowest BCUT2D eigenvalue weighted by molar-refractivity contribution is -0.144. The van der Waals surface area contributed by atoms with E-state index < -0.39 is 16.1 Å². The molecule has 10 nitrogen and oxygen atoms in total. The fourth-order valence-electron chi connectivity index (χ4n) is 6.93. The number of anilines is 1. The van der Waals surface area contributed by atoms with E-state index in [1.807, 2.05) is 62.5 Å². The van der Waals surface area contributed by atoms with Gasteiger partial charge < -0.3 is 29.7 Å². The van der Waals surface area contributed by atoms with Gasteiger partial charge in [0.05, 0.1) is 36.8 Å². The van der Waals surface area contributed by atoms with Gasteiger partial charge in [-0.1, -0.05) is 75.7 Å². The van der Waals surface area contributed by atoms with Crippen LogP contribution in [0.5, 0.6) is 11.6 Å². The van der Waals surface area contributed by atoms with Crippen molar-refractivity contribution < 1.29 is 23.7 Å². The highest BCUT2D eigenvalue weighted by atomic mass is 28.3. The Morgan fingerprint density at radius 3 is 2.24 bits per heavy atom. The molecule has 3 aromatic rings. The lowest BCUT2D eigenvalue weighted by atomic mass is 9.77. The van der Waals surface area contributed by atoms with Crippen LogP contribution in [0.4, 0.5) is 5.82 Å². The van der Waals surface area contributed by atoms with Gasteiger partial charge in [-0.3, -0.25) is 14.3 Å². The van der Waals surface area contributed by atoms with Crippen LogP contribution in [0.1, 0.15) is 57.1 Å². The summed E-state index contributed by atoms with van der Waals surface area (Å²) in [5.41, 5.74) is 5.13. The minimum atomic E-state index is -1.40. The summed E-state index contributed by atoms with van der Waals surface area (Å²) in [6, 6.07) is 16.1. The van der Waals surface area contributed by atoms with Crippen LogP contribution in [0.15, 0.2) is 59.5 Å². The zero-order chi connectivity index (χ0) is 38.9. The standard InChI is InChI=1S/C42H61N5O5Si2/c1-9-50-36(48)26-30-16-18-32(19-17-30)38-37-39(51-10-2)42(52-23-25-54(6,7)8)47(29-49-22-24-53(3,4)5)41(37)46-40(45-38)34(27-43)33-20-21-35(44-28-33)31-14-12-11-13-15-31/h11-15,20-21,27-28,30,32,43,46H,9-10,16-19,22-26,29H2,1-8H3/b40-34+,43-27?. The molecule has 292 valence electrons. The molecule has 0 saturated heterocycles. The highest BCUT2D eigenvalue weighted by Gasteiger charge is 2.38. The quantitative estimate of drug-likeness (QED) is 0.0572. The van der Waals surface area contributed by atoms with Crippen LogP contribution >= 0.6 is 0 Å². The van der Waals surface area contributed by atoms with Crippen molar-refractivity contribution in [3.8, 4) is 22.9 Å². The summed E-state index contributed by atoms with van der Waals surface area (Å²) in [7, 11) is -2.72. The van der Waals surface area contributed by atoms with Gasteiger partial charge in [-0.25, -0.2) is 4.99 Å². The number of ether oxygens (including phenoxy) is 4. The second kappa shape index (κ2) is 18.6. The molecule has 0 bridgehead atoms. The second-order valence-electron chi connectivity index (χ2n) is 16.8. The number of carbonyl (C=O) groups is 1. The van der Waals surface area contributed by atoms with E-state index >= 15 is 0 Å². The van der Waals surface area contributed by atoms with Crippen LogP contribution in [0.2, 0.25) is 51.4 Å². The maximum atomic E-state index is 12.4. The number of allylic oxidation sites excluding steroid dienone is 1. The van der Waals surface area contributed by atoms with E-state index in [1.165, 1.54) is 6.21 Å². The Bertz CT molecular complexity index is 1780. The minimum absolute atomic E-state index is 0.113. The Morgan fingerprint density at radius 1 is 0.926 bits per heavy atom. The molecule has 0 atom stereocenters. The monoisotopic (exact) mass is 771 g/mol. The number of fused-ring (bicyclic) bond motifs is 1. The SMILES string of the molecule is CCOC(=O)CC1CCC(C2=N/C(=C(/C=N)c3ccc(-c4ccccc4)nc3)Nc3c2c(OCC)c(OCC[Si](C)(C)C)n3COCC[Si](C)(C)C)CC1. The van der Waals surface area contributed by atoms with E-state index in [9.17, 15) is 4.79 Å². The maximum absolute atomic E-state index is 12.4. The fourth-order valence-corrected chi connectivity index (χ4v) is 8.40. The molecule has 1 aromatic carbocycles. The molecule has 1 fully saturated rings. The Morgan fingerprint density at radius 2 is 1.63 bits per heavy atom. The zero-order valence-electron chi connectivity index (χ0n) is 33.7. The van der Waals surface area contributed by atoms with Crippen molar-refractivity contribution in [1.29, 1.82) is 5.41 Å². The number of rotatable bonds is 18. The zero-order valence-corrected chi connectivity index (χ0v) is 35.7. The molecule has 12 heteroatoms. The molecule has 5 rings (SSSR count). The summed E-state index contributed by atoms with van der Waals surface area (Å²) in [6.45, 7) is 20.4. The van der Waals surface area contributed by atoms with E-state index in [0.29, 0.717) is 55.9 Å². The van der Waals surface area contributed by atoms with Crippen LogP contribution < -0.4 is 14.8 Å². The Kier molecular flexibility index (Phi) is 14.1. The van der Waals surface area contributed by atoms with Gasteiger partial charge in [-0.2, -0.15) is 0 Å². The Labute approximate surface area is 324 Å². The number of carbonyl (C=O) groups excluding carboxylic acids is 1. The summed E-state index contributed by atoms with van der Waals surface area (Å²) >= 11 is 0. The first-order chi connectivity index (χ1) is 25.8. The first kappa shape index (κ1) is 41.2. The highest BCUT2D eigenvalue weighted by Crippen LogP contribution is 2.48. The number of aliphatic imine (C=N–C) groups is 1. The molecule has 0 unspecified atom stereocenters. The van der Waals surface area contributed by atoms with Crippen LogP contribution in [-0.4, -0.2) is 70.0 Å². The van der Waals surface area contributed by atoms with Crippen LogP contribution in [0.3, 0.4) is 0 Å². The molecule has 54 heavy (non-hydrogen) atoms. The molecule has 0 spiro atoms. The van der Waals surface area contributed by atoms with Crippen LogP contribution in [0, 0.1) is 17.2 Å². The smallest absolute Gasteiger partial charge is 0.306 e. The highest BCUT2D eigenvalue weighted by molar-refractivity contribution is 6.76. The fraction of sp³-hybridized carbons (Fsp3) is 0.524. The molecule has 2 aromatic heterocycles. The number of nitrogens with one attached hydrogen (secondary N) is 2. The van der Waals surface area contributed by atoms with Crippen molar-refractivity contribution in [2.75, 3.05) is 31.7 Å². The first-order valence-electron chi connectivity index (χ1n) is 19.7. The molecular formula is C42H61N5O5Si2. The number of hydrogen-bond donors (Lipinski definition) is 2. The number of nitrogens with zero attached hydrogens (tertiary/aromatic N) is 3. The summed E-state index contributed by atoms with van der Waals surface area (Å²) in [5, 5.41) is 12.3. The van der Waals surface area contributed by atoms with E-state index in [0.717, 1.165) is 71.7 Å². The summed E-state index contributed by atoms with van der Waals surface area (Å²) in [5.74, 6) is 2.98. The number of aromatic nitrogens is 2. The number of benzene rings is 1. The Hall–Kier alpha value is -4.01. The van der Waals surface area contributed by atoms with E-state index in [1.54, 1.807) is 0 Å². The number of esters is 1. The first-order valence-corrected chi connectivity index (χ1v) is 27.1. The molecule has 0 radical (unpaired) electrons.